The molecule has 0 aliphatic heterocycles. The molecule has 80 valence electrons. The standard InChI is InChI=1S/C5H5BrF6O/c6-1-2(13)3(4(7,8)9)5(10,11)12/h2-3,13H,1H2. The predicted octanol–water partition coefficient (Wildman–Crippen LogP) is 2.48. The highest BCUT2D eigenvalue weighted by atomic mass is 79.9. The normalized spacial score (nSPS) is 16.4. The summed E-state index contributed by atoms with van der Waals surface area (Å²) in [6, 6.07) is 0. The third-order valence-electron chi connectivity index (χ3n) is 1.25. The van der Waals surface area contributed by atoms with Crippen LogP contribution in [0, 0.1) is 5.92 Å². The average Bonchev–Trinajstić information content (AvgIpc) is 1.80. The summed E-state index contributed by atoms with van der Waals surface area (Å²) in [6.07, 6.45) is -13.5. The van der Waals surface area contributed by atoms with E-state index in [1.807, 2.05) is 0 Å². The van der Waals surface area contributed by atoms with Crippen LogP contribution in [0.5, 0.6) is 0 Å². The molecule has 0 fully saturated rings. The summed E-state index contributed by atoms with van der Waals surface area (Å²) in [5.41, 5.74) is 0. The number of hydrogen-bond acceptors (Lipinski definition) is 1. The topological polar surface area (TPSA) is 20.2 Å². The van der Waals surface area contributed by atoms with Gasteiger partial charge in [0.1, 0.15) is 0 Å². The van der Waals surface area contributed by atoms with Gasteiger partial charge in [0.05, 0.1) is 6.10 Å². The summed E-state index contributed by atoms with van der Waals surface area (Å²) in [5.74, 6) is -3.70. The fourth-order valence-electron chi connectivity index (χ4n) is 0.711. The van der Waals surface area contributed by atoms with Crippen molar-refractivity contribution >= 4 is 15.9 Å². The van der Waals surface area contributed by atoms with Crippen LogP contribution >= 0.6 is 15.9 Å². The molecule has 0 aliphatic rings. The minimum absolute atomic E-state index is 0.781. The molecule has 0 spiro atoms. The molecule has 0 bridgehead atoms. The number of alkyl halides is 7. The average molecular weight is 275 g/mol. The van der Waals surface area contributed by atoms with E-state index >= 15 is 0 Å². The molecule has 0 aliphatic carbocycles. The van der Waals surface area contributed by atoms with E-state index in [9.17, 15) is 26.3 Å². The highest BCUT2D eigenvalue weighted by molar-refractivity contribution is 9.09. The van der Waals surface area contributed by atoms with Crippen molar-refractivity contribution in [1.82, 2.24) is 0 Å². The Morgan fingerprint density at radius 1 is 1.00 bits per heavy atom. The second-order valence-electron chi connectivity index (χ2n) is 2.28. The van der Waals surface area contributed by atoms with Gasteiger partial charge in [-0.05, 0) is 0 Å². The molecular formula is C5H5BrF6O. The molecule has 13 heavy (non-hydrogen) atoms. The van der Waals surface area contributed by atoms with Crippen LogP contribution in [0.15, 0.2) is 0 Å². The highest BCUT2D eigenvalue weighted by Gasteiger charge is 2.59. The quantitative estimate of drug-likeness (QED) is 0.606. The van der Waals surface area contributed by atoms with E-state index in [1.54, 1.807) is 0 Å². The van der Waals surface area contributed by atoms with Crippen molar-refractivity contribution in [3.05, 3.63) is 0 Å². The van der Waals surface area contributed by atoms with Crippen LogP contribution in [0.3, 0.4) is 0 Å². The van der Waals surface area contributed by atoms with Crippen LogP contribution in [-0.4, -0.2) is 28.9 Å². The Labute approximate surface area is 77.9 Å². The van der Waals surface area contributed by atoms with Crippen LogP contribution in [0.25, 0.3) is 0 Å². The molecule has 0 heterocycles. The molecule has 1 atom stereocenters. The molecule has 0 aromatic carbocycles. The summed E-state index contributed by atoms with van der Waals surface area (Å²) in [4.78, 5) is 0. The first kappa shape index (κ1) is 13.0. The van der Waals surface area contributed by atoms with E-state index in [0.717, 1.165) is 0 Å². The molecule has 0 saturated heterocycles. The molecule has 0 aromatic heterocycles. The molecule has 1 N–H and O–H groups in total. The largest absolute Gasteiger partial charge is 0.403 e. The van der Waals surface area contributed by atoms with E-state index in [-0.39, 0.29) is 0 Å². The first-order chi connectivity index (χ1) is 5.60. The zero-order valence-corrected chi connectivity index (χ0v) is 7.54. The molecular weight excluding hydrogens is 270 g/mol. The van der Waals surface area contributed by atoms with Crippen molar-refractivity contribution in [2.45, 2.75) is 18.5 Å². The van der Waals surface area contributed by atoms with Crippen LogP contribution in [0.2, 0.25) is 0 Å². The molecule has 0 aromatic rings. The lowest BCUT2D eigenvalue weighted by Gasteiger charge is -2.25. The van der Waals surface area contributed by atoms with E-state index < -0.39 is 29.7 Å². The molecule has 1 unspecified atom stereocenters. The third kappa shape index (κ3) is 3.72. The second-order valence-corrected chi connectivity index (χ2v) is 2.93. The van der Waals surface area contributed by atoms with Gasteiger partial charge < -0.3 is 5.11 Å². The Hall–Kier alpha value is 0.0200. The fraction of sp³-hybridized carbons (Fsp3) is 1.00. The Morgan fingerprint density at radius 3 is 1.38 bits per heavy atom. The Balaban J connectivity index is 4.78. The summed E-state index contributed by atoms with van der Waals surface area (Å²) in [5, 5.41) is 7.72. The van der Waals surface area contributed by atoms with Crippen molar-refractivity contribution in [3.63, 3.8) is 0 Å². The fourth-order valence-corrected chi connectivity index (χ4v) is 1.08. The Kier molecular flexibility index (Phi) is 4.04. The molecule has 0 rings (SSSR count). The van der Waals surface area contributed by atoms with E-state index in [2.05, 4.69) is 15.9 Å². The molecule has 1 nitrogen and oxygen atoms in total. The van der Waals surface area contributed by atoms with Crippen LogP contribution < -0.4 is 0 Å². The number of aliphatic hydroxyl groups excluding tert-OH is 1. The molecule has 0 radical (unpaired) electrons. The van der Waals surface area contributed by atoms with Gasteiger partial charge in [-0.1, -0.05) is 15.9 Å². The first-order valence-corrected chi connectivity index (χ1v) is 4.10. The van der Waals surface area contributed by atoms with Gasteiger partial charge in [-0.3, -0.25) is 0 Å². The van der Waals surface area contributed by atoms with Crippen molar-refractivity contribution < 1.29 is 31.4 Å². The smallest absolute Gasteiger partial charge is 0.391 e. The summed E-state index contributed by atoms with van der Waals surface area (Å²) < 4.78 is 70.5. The maximum absolute atomic E-state index is 11.8. The lowest BCUT2D eigenvalue weighted by molar-refractivity contribution is -0.303. The van der Waals surface area contributed by atoms with Gasteiger partial charge in [-0.25, -0.2) is 0 Å². The number of aliphatic hydroxyl groups is 1. The summed E-state index contributed by atoms with van der Waals surface area (Å²) >= 11 is 2.35. The van der Waals surface area contributed by atoms with E-state index in [4.69, 9.17) is 5.11 Å². The van der Waals surface area contributed by atoms with Crippen molar-refractivity contribution in [1.29, 1.82) is 0 Å². The van der Waals surface area contributed by atoms with Crippen molar-refractivity contribution in [2.75, 3.05) is 5.33 Å². The minimum atomic E-state index is -5.48. The van der Waals surface area contributed by atoms with Gasteiger partial charge in [-0.2, -0.15) is 26.3 Å². The zero-order valence-electron chi connectivity index (χ0n) is 5.95. The van der Waals surface area contributed by atoms with Crippen LogP contribution in [0.4, 0.5) is 26.3 Å². The number of rotatable bonds is 2. The Morgan fingerprint density at radius 2 is 1.31 bits per heavy atom. The van der Waals surface area contributed by atoms with E-state index in [1.165, 1.54) is 0 Å². The van der Waals surface area contributed by atoms with Crippen molar-refractivity contribution in [3.8, 4) is 0 Å². The lowest BCUT2D eigenvalue weighted by Crippen LogP contribution is -2.45. The number of halogens is 7. The summed E-state index contributed by atoms with van der Waals surface area (Å²) in [6.45, 7) is 0. The SMILES string of the molecule is OC(CBr)C(C(F)(F)F)C(F)(F)F. The van der Waals surface area contributed by atoms with Crippen LogP contribution in [-0.2, 0) is 0 Å². The van der Waals surface area contributed by atoms with Gasteiger partial charge in [0.25, 0.3) is 0 Å². The summed E-state index contributed by atoms with van der Waals surface area (Å²) in [7, 11) is 0. The van der Waals surface area contributed by atoms with Gasteiger partial charge in [0, 0.05) is 5.33 Å². The molecule has 0 saturated carbocycles. The Bertz CT molecular complexity index is 149. The second kappa shape index (κ2) is 4.04. The van der Waals surface area contributed by atoms with E-state index in [0.29, 0.717) is 0 Å². The number of hydrogen-bond donors (Lipinski definition) is 1. The van der Waals surface area contributed by atoms with Crippen molar-refractivity contribution in [2.24, 2.45) is 5.92 Å². The van der Waals surface area contributed by atoms with Gasteiger partial charge in [0.2, 0.25) is 0 Å². The van der Waals surface area contributed by atoms with Crippen LogP contribution in [0.1, 0.15) is 0 Å². The highest BCUT2D eigenvalue weighted by Crippen LogP contribution is 2.41. The first-order valence-electron chi connectivity index (χ1n) is 2.98. The minimum Gasteiger partial charge on any atom is -0.391 e. The lowest BCUT2D eigenvalue weighted by atomic mass is 10.0. The molecule has 8 heteroatoms. The molecule has 0 amide bonds. The predicted molar refractivity (Wildman–Crippen MR) is 35.4 cm³/mol. The third-order valence-corrected chi connectivity index (χ3v) is 1.91. The zero-order chi connectivity index (χ0) is 10.9. The van der Waals surface area contributed by atoms with Gasteiger partial charge >= 0.3 is 12.4 Å². The van der Waals surface area contributed by atoms with Gasteiger partial charge in [0.15, 0.2) is 5.92 Å². The maximum atomic E-state index is 11.8. The van der Waals surface area contributed by atoms with Gasteiger partial charge in [-0.15, -0.1) is 0 Å². The maximum Gasteiger partial charge on any atom is 0.403 e. The monoisotopic (exact) mass is 274 g/mol.